The molecule has 0 saturated carbocycles. The van der Waals surface area contributed by atoms with E-state index in [1.807, 2.05) is 12.1 Å². The number of ether oxygens (including phenoxy) is 1. The normalized spacial score (nSPS) is 10.8. The lowest BCUT2D eigenvalue weighted by Gasteiger charge is -2.07. The molecule has 0 unspecified atom stereocenters. The van der Waals surface area contributed by atoms with Gasteiger partial charge in [0.05, 0.1) is 22.1 Å². The van der Waals surface area contributed by atoms with Crippen LogP contribution in [0.3, 0.4) is 0 Å². The van der Waals surface area contributed by atoms with E-state index in [0.717, 1.165) is 17.4 Å². The average molecular weight is 377 g/mol. The van der Waals surface area contributed by atoms with Crippen molar-refractivity contribution in [2.45, 2.75) is 4.90 Å². The predicted octanol–water partition coefficient (Wildman–Crippen LogP) is 3.85. The van der Waals surface area contributed by atoms with Crippen LogP contribution in [0.5, 0.6) is 5.75 Å². The van der Waals surface area contributed by atoms with E-state index in [1.54, 1.807) is 36.4 Å². The summed E-state index contributed by atoms with van der Waals surface area (Å²) in [6.45, 7) is 0. The van der Waals surface area contributed by atoms with Crippen LogP contribution in [0, 0.1) is 11.3 Å². The molecular formula is C21H15NO4S. The number of carbonyl (C=O) groups excluding carboxylic acids is 1. The Balaban J connectivity index is 1.76. The summed E-state index contributed by atoms with van der Waals surface area (Å²) < 4.78 is 28.5. The van der Waals surface area contributed by atoms with Crippen molar-refractivity contribution in [2.75, 3.05) is 6.26 Å². The Morgan fingerprint density at radius 2 is 1.52 bits per heavy atom. The molecule has 0 radical (unpaired) electrons. The average Bonchev–Trinajstić information content (AvgIpc) is 2.68. The summed E-state index contributed by atoms with van der Waals surface area (Å²) in [5, 5.41) is 8.84. The molecule has 0 fully saturated rings. The van der Waals surface area contributed by atoms with Crippen molar-refractivity contribution >= 4 is 15.8 Å². The largest absolute Gasteiger partial charge is 0.423 e. The molecular weight excluding hydrogens is 362 g/mol. The van der Waals surface area contributed by atoms with Crippen molar-refractivity contribution in [1.29, 1.82) is 5.26 Å². The summed E-state index contributed by atoms with van der Waals surface area (Å²) >= 11 is 0. The molecule has 3 aromatic carbocycles. The second-order valence-corrected chi connectivity index (χ2v) is 7.92. The predicted molar refractivity (Wildman–Crippen MR) is 101 cm³/mol. The third kappa shape index (κ3) is 4.40. The number of nitrogens with zero attached hydrogens (tertiary/aromatic N) is 1. The highest BCUT2D eigenvalue weighted by Crippen LogP contribution is 2.23. The van der Waals surface area contributed by atoms with Crippen molar-refractivity contribution in [3.63, 3.8) is 0 Å². The van der Waals surface area contributed by atoms with Gasteiger partial charge in [-0.2, -0.15) is 5.26 Å². The molecule has 5 nitrogen and oxygen atoms in total. The summed E-state index contributed by atoms with van der Waals surface area (Å²) in [5.41, 5.74) is 2.60. The molecule has 0 aliphatic rings. The minimum absolute atomic E-state index is 0.0631. The molecule has 0 N–H and O–H groups in total. The molecule has 0 aliphatic heterocycles. The number of sulfone groups is 1. The van der Waals surface area contributed by atoms with E-state index in [9.17, 15) is 13.2 Å². The van der Waals surface area contributed by atoms with Gasteiger partial charge in [-0.15, -0.1) is 0 Å². The number of benzene rings is 3. The molecule has 0 atom stereocenters. The van der Waals surface area contributed by atoms with Gasteiger partial charge in [-0.05, 0) is 53.6 Å². The van der Waals surface area contributed by atoms with Crippen molar-refractivity contribution in [2.24, 2.45) is 0 Å². The third-order valence-corrected chi connectivity index (χ3v) is 5.02. The van der Waals surface area contributed by atoms with Gasteiger partial charge >= 0.3 is 5.97 Å². The molecule has 0 spiro atoms. The minimum atomic E-state index is -3.40. The maximum atomic E-state index is 12.3. The first-order valence-electron chi connectivity index (χ1n) is 8.00. The van der Waals surface area contributed by atoms with Gasteiger partial charge in [0.25, 0.3) is 0 Å². The summed E-state index contributed by atoms with van der Waals surface area (Å²) in [5.74, 6) is -0.284. The molecule has 0 amide bonds. The lowest BCUT2D eigenvalue weighted by molar-refractivity contribution is 0.0734. The van der Waals surface area contributed by atoms with Gasteiger partial charge in [0, 0.05) is 6.26 Å². The molecule has 0 aliphatic carbocycles. The van der Waals surface area contributed by atoms with E-state index < -0.39 is 15.8 Å². The van der Waals surface area contributed by atoms with Crippen LogP contribution in [0.2, 0.25) is 0 Å². The Morgan fingerprint density at radius 1 is 0.926 bits per heavy atom. The Kier molecular flexibility index (Phi) is 5.06. The smallest absolute Gasteiger partial charge is 0.343 e. The maximum absolute atomic E-state index is 12.3. The fraction of sp³-hybridized carbons (Fsp3) is 0.0476. The van der Waals surface area contributed by atoms with Gasteiger partial charge in [0.15, 0.2) is 9.84 Å². The van der Waals surface area contributed by atoms with E-state index in [-0.39, 0.29) is 10.5 Å². The van der Waals surface area contributed by atoms with Crippen molar-refractivity contribution in [3.8, 4) is 22.9 Å². The number of hydrogen-bond acceptors (Lipinski definition) is 5. The quantitative estimate of drug-likeness (QED) is 0.509. The zero-order valence-electron chi connectivity index (χ0n) is 14.4. The number of hydrogen-bond donors (Lipinski definition) is 0. The van der Waals surface area contributed by atoms with Crippen LogP contribution in [0.4, 0.5) is 0 Å². The Labute approximate surface area is 157 Å². The highest BCUT2D eigenvalue weighted by molar-refractivity contribution is 7.90. The fourth-order valence-corrected chi connectivity index (χ4v) is 3.14. The van der Waals surface area contributed by atoms with Gasteiger partial charge in [-0.25, -0.2) is 13.2 Å². The van der Waals surface area contributed by atoms with Gasteiger partial charge in [0.1, 0.15) is 5.75 Å². The van der Waals surface area contributed by atoms with Crippen LogP contribution in [-0.4, -0.2) is 20.6 Å². The van der Waals surface area contributed by atoms with E-state index >= 15 is 0 Å². The first kappa shape index (κ1) is 18.4. The topological polar surface area (TPSA) is 84.2 Å². The molecule has 3 rings (SSSR count). The SMILES string of the molecule is CS(=O)(=O)c1cccc(C(=O)Oc2ccc(-c3ccc(C#N)cc3)cc2)c1. The Morgan fingerprint density at radius 3 is 2.07 bits per heavy atom. The molecule has 0 saturated heterocycles. The zero-order chi connectivity index (χ0) is 19.4. The van der Waals surface area contributed by atoms with Crippen LogP contribution in [0.1, 0.15) is 15.9 Å². The van der Waals surface area contributed by atoms with Gasteiger partial charge in [-0.3, -0.25) is 0 Å². The highest BCUT2D eigenvalue weighted by Gasteiger charge is 2.13. The molecule has 6 heteroatoms. The Bertz CT molecular complexity index is 1130. The highest BCUT2D eigenvalue weighted by atomic mass is 32.2. The van der Waals surface area contributed by atoms with Gasteiger partial charge < -0.3 is 4.74 Å². The van der Waals surface area contributed by atoms with Crippen LogP contribution >= 0.6 is 0 Å². The molecule has 3 aromatic rings. The lowest BCUT2D eigenvalue weighted by Crippen LogP contribution is -2.09. The minimum Gasteiger partial charge on any atom is -0.423 e. The zero-order valence-corrected chi connectivity index (χ0v) is 15.2. The van der Waals surface area contributed by atoms with Crippen LogP contribution in [-0.2, 0) is 9.84 Å². The monoisotopic (exact) mass is 377 g/mol. The number of carbonyl (C=O) groups is 1. The summed E-state index contributed by atoms with van der Waals surface area (Å²) in [4.78, 5) is 12.3. The number of rotatable bonds is 4. The standard InChI is InChI=1S/C21H15NO4S/c1-27(24,25)20-4-2-3-18(13-20)21(23)26-19-11-9-17(10-12-19)16-7-5-15(14-22)6-8-16/h2-13H,1H3. The molecule has 0 bridgehead atoms. The van der Waals surface area contributed by atoms with Crippen molar-refractivity contribution in [3.05, 3.63) is 83.9 Å². The maximum Gasteiger partial charge on any atom is 0.343 e. The van der Waals surface area contributed by atoms with E-state index in [0.29, 0.717) is 11.3 Å². The molecule has 0 heterocycles. The first-order chi connectivity index (χ1) is 12.9. The summed E-state index contributed by atoms with van der Waals surface area (Å²) in [7, 11) is -3.40. The van der Waals surface area contributed by atoms with E-state index in [4.69, 9.17) is 10.00 Å². The van der Waals surface area contributed by atoms with Crippen LogP contribution in [0.15, 0.2) is 77.7 Å². The molecule has 134 valence electrons. The fourth-order valence-electron chi connectivity index (χ4n) is 2.47. The van der Waals surface area contributed by atoms with E-state index in [2.05, 4.69) is 6.07 Å². The third-order valence-electron chi connectivity index (χ3n) is 3.91. The Hall–Kier alpha value is -3.43. The molecule has 27 heavy (non-hydrogen) atoms. The summed E-state index contributed by atoms with van der Waals surface area (Å²) in [6.07, 6.45) is 1.08. The summed E-state index contributed by atoms with van der Waals surface area (Å²) in [6, 6.07) is 21.9. The molecule has 0 aromatic heterocycles. The first-order valence-corrected chi connectivity index (χ1v) is 9.89. The van der Waals surface area contributed by atoms with E-state index in [1.165, 1.54) is 24.3 Å². The lowest BCUT2D eigenvalue weighted by atomic mass is 10.0. The van der Waals surface area contributed by atoms with Crippen LogP contribution in [0.25, 0.3) is 11.1 Å². The number of nitriles is 1. The number of esters is 1. The van der Waals surface area contributed by atoms with Gasteiger partial charge in [0.2, 0.25) is 0 Å². The second kappa shape index (κ2) is 7.44. The van der Waals surface area contributed by atoms with Crippen molar-refractivity contribution in [1.82, 2.24) is 0 Å². The van der Waals surface area contributed by atoms with Crippen molar-refractivity contribution < 1.29 is 17.9 Å². The van der Waals surface area contributed by atoms with Gasteiger partial charge in [-0.1, -0.05) is 30.3 Å². The van der Waals surface area contributed by atoms with Crippen LogP contribution < -0.4 is 4.74 Å². The second-order valence-electron chi connectivity index (χ2n) is 5.90.